The standard InChI is InChI=1S/C15H10N4O2/c20-14-17-13-16-11-8-4-5-9-12(11)19(13)15(21)18(14)10-6-2-1-3-7-10/h1-9H,(H,16,17,20). The van der Waals surface area contributed by atoms with Gasteiger partial charge in [-0.1, -0.05) is 30.3 Å². The number of aromatic amines is 1. The zero-order valence-electron chi connectivity index (χ0n) is 10.9. The maximum Gasteiger partial charge on any atom is 0.344 e. The fourth-order valence-corrected chi connectivity index (χ4v) is 2.45. The van der Waals surface area contributed by atoms with Gasteiger partial charge in [0.15, 0.2) is 0 Å². The Morgan fingerprint density at radius 3 is 2.43 bits per heavy atom. The maximum absolute atomic E-state index is 12.7. The summed E-state index contributed by atoms with van der Waals surface area (Å²) in [6.07, 6.45) is 0. The van der Waals surface area contributed by atoms with E-state index in [0.717, 1.165) is 4.57 Å². The third-order valence-electron chi connectivity index (χ3n) is 3.38. The highest BCUT2D eigenvalue weighted by Gasteiger charge is 2.13. The molecule has 0 fully saturated rings. The van der Waals surface area contributed by atoms with Crippen LogP contribution in [0.4, 0.5) is 0 Å². The Hall–Kier alpha value is -3.15. The quantitative estimate of drug-likeness (QED) is 0.571. The molecule has 6 heteroatoms. The number of fused-ring (bicyclic) bond motifs is 3. The molecular weight excluding hydrogens is 268 g/mol. The molecule has 0 saturated carbocycles. The molecule has 0 saturated heterocycles. The van der Waals surface area contributed by atoms with Crippen LogP contribution >= 0.6 is 0 Å². The minimum Gasteiger partial charge on any atom is -0.276 e. The molecule has 2 aromatic heterocycles. The lowest BCUT2D eigenvalue weighted by Gasteiger charge is -2.04. The molecule has 6 nitrogen and oxygen atoms in total. The molecule has 0 atom stereocenters. The topological polar surface area (TPSA) is 72.2 Å². The van der Waals surface area contributed by atoms with Gasteiger partial charge in [-0.25, -0.2) is 23.5 Å². The fourth-order valence-electron chi connectivity index (χ4n) is 2.45. The summed E-state index contributed by atoms with van der Waals surface area (Å²) in [6, 6.07) is 16.1. The molecule has 2 heterocycles. The Kier molecular flexibility index (Phi) is 2.32. The average molecular weight is 278 g/mol. The number of rotatable bonds is 1. The Bertz CT molecular complexity index is 1070. The number of para-hydroxylation sites is 3. The van der Waals surface area contributed by atoms with E-state index in [9.17, 15) is 9.59 Å². The van der Waals surface area contributed by atoms with Crippen LogP contribution < -0.4 is 11.4 Å². The number of aromatic nitrogens is 4. The van der Waals surface area contributed by atoms with E-state index >= 15 is 0 Å². The van der Waals surface area contributed by atoms with Gasteiger partial charge < -0.3 is 0 Å². The van der Waals surface area contributed by atoms with Gasteiger partial charge in [-0.05, 0) is 24.3 Å². The summed E-state index contributed by atoms with van der Waals surface area (Å²) in [5.74, 6) is 0.249. The Morgan fingerprint density at radius 2 is 1.62 bits per heavy atom. The molecule has 102 valence electrons. The zero-order valence-corrected chi connectivity index (χ0v) is 10.9. The minimum absolute atomic E-state index is 0.249. The van der Waals surface area contributed by atoms with Crippen LogP contribution in [0.2, 0.25) is 0 Å². The molecule has 0 radical (unpaired) electrons. The van der Waals surface area contributed by atoms with Crippen LogP contribution in [0.3, 0.4) is 0 Å². The minimum atomic E-state index is -0.506. The molecule has 0 aliphatic rings. The van der Waals surface area contributed by atoms with E-state index < -0.39 is 11.4 Å². The van der Waals surface area contributed by atoms with Crippen molar-refractivity contribution in [2.45, 2.75) is 0 Å². The monoisotopic (exact) mass is 278 g/mol. The van der Waals surface area contributed by atoms with Gasteiger partial charge in [0, 0.05) is 0 Å². The van der Waals surface area contributed by atoms with E-state index in [1.807, 2.05) is 18.2 Å². The fraction of sp³-hybridized carbons (Fsp3) is 0. The van der Waals surface area contributed by atoms with Crippen LogP contribution in [0.15, 0.2) is 64.2 Å². The molecule has 0 bridgehead atoms. The summed E-state index contributed by atoms with van der Waals surface area (Å²) >= 11 is 0. The molecule has 21 heavy (non-hydrogen) atoms. The largest absolute Gasteiger partial charge is 0.344 e. The predicted molar refractivity (Wildman–Crippen MR) is 78.9 cm³/mol. The second-order valence-electron chi connectivity index (χ2n) is 4.64. The molecule has 0 unspecified atom stereocenters. The molecule has 0 aliphatic heterocycles. The first-order valence-corrected chi connectivity index (χ1v) is 6.44. The van der Waals surface area contributed by atoms with Crippen molar-refractivity contribution < 1.29 is 0 Å². The maximum atomic E-state index is 12.7. The van der Waals surface area contributed by atoms with Gasteiger partial charge in [0.1, 0.15) is 0 Å². The first-order valence-electron chi connectivity index (χ1n) is 6.44. The van der Waals surface area contributed by atoms with Crippen molar-refractivity contribution in [3.63, 3.8) is 0 Å². The molecule has 0 spiro atoms. The summed E-state index contributed by atoms with van der Waals surface area (Å²) in [6.45, 7) is 0. The van der Waals surface area contributed by atoms with Gasteiger partial charge in [-0.3, -0.25) is 4.98 Å². The first kappa shape index (κ1) is 11.7. The Morgan fingerprint density at radius 1 is 0.905 bits per heavy atom. The van der Waals surface area contributed by atoms with Gasteiger partial charge in [-0.2, -0.15) is 0 Å². The molecule has 0 amide bonds. The van der Waals surface area contributed by atoms with Crippen molar-refractivity contribution in [3.05, 3.63) is 75.6 Å². The highest BCUT2D eigenvalue weighted by molar-refractivity contribution is 5.79. The van der Waals surface area contributed by atoms with Crippen molar-refractivity contribution in [2.75, 3.05) is 0 Å². The number of hydrogen-bond donors (Lipinski definition) is 1. The normalized spacial score (nSPS) is 11.2. The molecular formula is C15H10N4O2. The lowest BCUT2D eigenvalue weighted by atomic mass is 10.3. The number of nitrogens with zero attached hydrogens (tertiary/aromatic N) is 3. The smallest absolute Gasteiger partial charge is 0.276 e. The second-order valence-corrected chi connectivity index (χ2v) is 4.64. The lowest BCUT2D eigenvalue weighted by Crippen LogP contribution is -2.37. The van der Waals surface area contributed by atoms with E-state index in [-0.39, 0.29) is 5.78 Å². The molecule has 2 aromatic carbocycles. The molecule has 4 aromatic rings. The van der Waals surface area contributed by atoms with Crippen LogP contribution in [-0.2, 0) is 0 Å². The summed E-state index contributed by atoms with van der Waals surface area (Å²) in [7, 11) is 0. The lowest BCUT2D eigenvalue weighted by molar-refractivity contribution is 0.804. The zero-order chi connectivity index (χ0) is 14.4. The molecule has 0 aliphatic carbocycles. The third kappa shape index (κ3) is 1.62. The van der Waals surface area contributed by atoms with E-state index in [1.165, 1.54) is 4.40 Å². The van der Waals surface area contributed by atoms with Gasteiger partial charge in [0.05, 0.1) is 16.7 Å². The van der Waals surface area contributed by atoms with Crippen LogP contribution in [0.25, 0.3) is 22.5 Å². The van der Waals surface area contributed by atoms with Crippen LogP contribution in [0.5, 0.6) is 0 Å². The number of hydrogen-bond acceptors (Lipinski definition) is 3. The first-order chi connectivity index (χ1) is 10.3. The van der Waals surface area contributed by atoms with E-state index in [0.29, 0.717) is 16.7 Å². The van der Waals surface area contributed by atoms with Crippen molar-refractivity contribution in [2.24, 2.45) is 0 Å². The highest BCUT2D eigenvalue weighted by Crippen LogP contribution is 2.12. The summed E-state index contributed by atoms with van der Waals surface area (Å²) in [5.41, 5.74) is 0.903. The number of benzene rings is 2. The molecule has 1 N–H and O–H groups in total. The van der Waals surface area contributed by atoms with Crippen molar-refractivity contribution in [1.82, 2.24) is 18.9 Å². The van der Waals surface area contributed by atoms with Gasteiger partial charge in [-0.15, -0.1) is 0 Å². The van der Waals surface area contributed by atoms with Crippen LogP contribution in [0.1, 0.15) is 0 Å². The SMILES string of the molecule is O=c1[nH]c2nc3ccccc3n2c(=O)n1-c1ccccc1. The number of imidazole rings is 1. The second kappa shape index (κ2) is 4.17. The third-order valence-corrected chi connectivity index (χ3v) is 3.38. The predicted octanol–water partition coefficient (Wildman–Crippen LogP) is 1.33. The van der Waals surface area contributed by atoms with E-state index in [1.54, 1.807) is 36.4 Å². The van der Waals surface area contributed by atoms with Gasteiger partial charge >= 0.3 is 11.4 Å². The Balaban J connectivity index is 2.21. The summed E-state index contributed by atoms with van der Waals surface area (Å²) < 4.78 is 2.50. The highest BCUT2D eigenvalue weighted by atomic mass is 16.2. The van der Waals surface area contributed by atoms with Gasteiger partial charge in [0.25, 0.3) is 0 Å². The van der Waals surface area contributed by atoms with Crippen molar-refractivity contribution in [3.8, 4) is 5.69 Å². The summed E-state index contributed by atoms with van der Waals surface area (Å²) in [4.78, 5) is 31.8. The Labute approximate surface area is 117 Å². The van der Waals surface area contributed by atoms with E-state index in [2.05, 4.69) is 9.97 Å². The number of H-pyrrole nitrogens is 1. The number of nitrogens with one attached hydrogen (secondary N) is 1. The van der Waals surface area contributed by atoms with Gasteiger partial charge in [0.2, 0.25) is 5.78 Å². The van der Waals surface area contributed by atoms with E-state index in [4.69, 9.17) is 0 Å². The van der Waals surface area contributed by atoms with Crippen LogP contribution in [0, 0.1) is 0 Å². The molecule has 4 rings (SSSR count). The average Bonchev–Trinajstić information content (AvgIpc) is 2.86. The van der Waals surface area contributed by atoms with Crippen molar-refractivity contribution in [1.29, 1.82) is 0 Å². The van der Waals surface area contributed by atoms with Crippen LogP contribution in [-0.4, -0.2) is 18.9 Å². The summed E-state index contributed by atoms with van der Waals surface area (Å²) in [5, 5.41) is 0. The van der Waals surface area contributed by atoms with Crippen molar-refractivity contribution >= 4 is 16.8 Å².